The van der Waals surface area contributed by atoms with E-state index in [2.05, 4.69) is 65.1 Å². The highest BCUT2D eigenvalue weighted by Crippen LogP contribution is 2.32. The summed E-state index contributed by atoms with van der Waals surface area (Å²) in [7, 11) is 0. The van der Waals surface area contributed by atoms with E-state index in [1.54, 1.807) is 0 Å². The number of hydrogen-bond donors (Lipinski definition) is 1. The molecular weight excluding hydrogens is 234 g/mol. The molecule has 1 heterocycles. The zero-order valence-electron chi connectivity index (χ0n) is 12.9. The Morgan fingerprint density at radius 2 is 1.74 bits per heavy atom. The molecule has 2 heteroatoms. The van der Waals surface area contributed by atoms with Gasteiger partial charge in [0.25, 0.3) is 0 Å². The molecule has 0 saturated heterocycles. The Labute approximate surface area is 116 Å². The van der Waals surface area contributed by atoms with Crippen LogP contribution in [0.1, 0.15) is 52.7 Å². The number of fused-ring (bicyclic) bond motifs is 1. The summed E-state index contributed by atoms with van der Waals surface area (Å²) in [5.74, 6) is 0. The molecule has 2 aromatic rings. The third kappa shape index (κ3) is 3.19. The minimum absolute atomic E-state index is 0.103. The molecule has 0 aliphatic heterocycles. The zero-order chi connectivity index (χ0) is 14.3. The molecule has 0 aliphatic carbocycles. The first-order valence-corrected chi connectivity index (χ1v) is 6.93. The molecule has 0 amide bonds. The van der Waals surface area contributed by atoms with Gasteiger partial charge in [-0.15, -0.1) is 0 Å². The monoisotopic (exact) mass is 259 g/mol. The van der Waals surface area contributed by atoms with Gasteiger partial charge in [-0.05, 0) is 26.2 Å². The van der Waals surface area contributed by atoms with Crippen LogP contribution in [0.15, 0.2) is 28.9 Å². The second-order valence-electron chi connectivity index (χ2n) is 7.30. The molecule has 0 radical (unpaired) electrons. The van der Waals surface area contributed by atoms with Gasteiger partial charge in [-0.3, -0.25) is 0 Å². The van der Waals surface area contributed by atoms with Gasteiger partial charge in [0.1, 0.15) is 5.58 Å². The Hall–Kier alpha value is -1.28. The van der Waals surface area contributed by atoms with Gasteiger partial charge in [-0.1, -0.05) is 39.0 Å². The molecule has 0 saturated carbocycles. The molecule has 0 fully saturated rings. The van der Waals surface area contributed by atoms with Gasteiger partial charge in [0, 0.05) is 28.6 Å². The standard InChI is InChI=1S/C17H25NO/c1-16(2,3)14-9-7-8-13-12(11-19-15(13)14)10-18-17(4,5)6/h7-9,11,18H,10H2,1-6H3. The molecule has 0 bridgehead atoms. The fourth-order valence-corrected chi connectivity index (χ4v) is 2.20. The summed E-state index contributed by atoms with van der Waals surface area (Å²) in [6, 6.07) is 6.43. The number of hydrogen-bond acceptors (Lipinski definition) is 2. The summed E-state index contributed by atoms with van der Waals surface area (Å²) in [6.07, 6.45) is 1.89. The van der Waals surface area contributed by atoms with Crippen molar-refractivity contribution in [2.24, 2.45) is 0 Å². The predicted molar refractivity (Wildman–Crippen MR) is 81.5 cm³/mol. The van der Waals surface area contributed by atoms with E-state index in [0.717, 1.165) is 12.1 Å². The van der Waals surface area contributed by atoms with E-state index in [1.807, 2.05) is 6.26 Å². The molecule has 0 spiro atoms. The third-order valence-electron chi connectivity index (χ3n) is 3.30. The lowest BCUT2D eigenvalue weighted by Crippen LogP contribution is -2.34. The number of nitrogens with one attached hydrogen (secondary N) is 1. The molecule has 1 aromatic carbocycles. The lowest BCUT2D eigenvalue weighted by molar-refractivity contribution is 0.423. The van der Waals surface area contributed by atoms with Crippen molar-refractivity contribution in [2.75, 3.05) is 0 Å². The van der Waals surface area contributed by atoms with Crippen LogP contribution in [-0.4, -0.2) is 5.54 Å². The van der Waals surface area contributed by atoms with Crippen LogP contribution in [0.2, 0.25) is 0 Å². The highest BCUT2D eigenvalue weighted by molar-refractivity contribution is 5.84. The Morgan fingerprint density at radius 1 is 1.05 bits per heavy atom. The van der Waals surface area contributed by atoms with E-state index in [4.69, 9.17) is 4.42 Å². The van der Waals surface area contributed by atoms with Crippen LogP contribution >= 0.6 is 0 Å². The van der Waals surface area contributed by atoms with Crippen molar-refractivity contribution in [1.82, 2.24) is 5.32 Å². The first-order chi connectivity index (χ1) is 8.68. The fraction of sp³-hybridized carbons (Fsp3) is 0.529. The molecule has 2 rings (SSSR count). The molecule has 19 heavy (non-hydrogen) atoms. The third-order valence-corrected chi connectivity index (χ3v) is 3.30. The number of para-hydroxylation sites is 1. The van der Waals surface area contributed by atoms with Crippen LogP contribution in [0.3, 0.4) is 0 Å². The minimum atomic E-state index is 0.103. The molecule has 0 aliphatic rings. The van der Waals surface area contributed by atoms with E-state index < -0.39 is 0 Å². The molecule has 0 unspecified atom stereocenters. The summed E-state index contributed by atoms with van der Waals surface area (Å²) < 4.78 is 5.83. The second-order valence-corrected chi connectivity index (χ2v) is 7.30. The molecule has 1 N–H and O–H groups in total. The largest absolute Gasteiger partial charge is 0.464 e. The van der Waals surface area contributed by atoms with Gasteiger partial charge in [0.05, 0.1) is 6.26 Å². The van der Waals surface area contributed by atoms with Crippen molar-refractivity contribution in [3.63, 3.8) is 0 Å². The first kappa shape index (κ1) is 14.1. The minimum Gasteiger partial charge on any atom is -0.464 e. The fourth-order valence-electron chi connectivity index (χ4n) is 2.20. The average Bonchev–Trinajstić information content (AvgIpc) is 2.66. The molecular formula is C17H25NO. The Morgan fingerprint density at radius 3 is 2.32 bits per heavy atom. The van der Waals surface area contributed by atoms with Crippen LogP contribution in [0.4, 0.5) is 0 Å². The van der Waals surface area contributed by atoms with Gasteiger partial charge in [0.15, 0.2) is 0 Å². The smallest absolute Gasteiger partial charge is 0.137 e. The van der Waals surface area contributed by atoms with E-state index >= 15 is 0 Å². The predicted octanol–water partition coefficient (Wildman–Crippen LogP) is 4.62. The summed E-state index contributed by atoms with van der Waals surface area (Å²) in [6.45, 7) is 14.0. The number of rotatable bonds is 2. The second kappa shape index (κ2) is 4.68. The van der Waals surface area contributed by atoms with Crippen LogP contribution in [-0.2, 0) is 12.0 Å². The van der Waals surface area contributed by atoms with Crippen molar-refractivity contribution in [3.05, 3.63) is 35.6 Å². The Kier molecular flexibility index (Phi) is 3.48. The normalized spacial score (nSPS) is 13.2. The van der Waals surface area contributed by atoms with Crippen molar-refractivity contribution in [3.8, 4) is 0 Å². The summed E-state index contributed by atoms with van der Waals surface area (Å²) in [5, 5.41) is 4.74. The van der Waals surface area contributed by atoms with E-state index in [-0.39, 0.29) is 11.0 Å². The summed E-state index contributed by atoms with van der Waals surface area (Å²) in [5.41, 5.74) is 3.75. The van der Waals surface area contributed by atoms with Crippen molar-refractivity contribution >= 4 is 11.0 Å². The maximum Gasteiger partial charge on any atom is 0.137 e. The maximum atomic E-state index is 5.83. The number of benzene rings is 1. The van der Waals surface area contributed by atoms with Crippen LogP contribution in [0, 0.1) is 0 Å². The van der Waals surface area contributed by atoms with E-state index in [1.165, 1.54) is 16.5 Å². The summed E-state index contributed by atoms with van der Waals surface area (Å²) >= 11 is 0. The first-order valence-electron chi connectivity index (χ1n) is 6.93. The van der Waals surface area contributed by atoms with Crippen molar-refractivity contribution in [1.29, 1.82) is 0 Å². The van der Waals surface area contributed by atoms with Gasteiger partial charge in [-0.25, -0.2) is 0 Å². The number of furan rings is 1. The highest BCUT2D eigenvalue weighted by atomic mass is 16.3. The lowest BCUT2D eigenvalue weighted by Gasteiger charge is -2.20. The summed E-state index contributed by atoms with van der Waals surface area (Å²) in [4.78, 5) is 0. The quantitative estimate of drug-likeness (QED) is 0.851. The van der Waals surface area contributed by atoms with Gasteiger partial charge in [-0.2, -0.15) is 0 Å². The SMILES string of the molecule is CC(C)(C)NCc1coc2c(C(C)(C)C)cccc12. The average molecular weight is 259 g/mol. The molecule has 1 aromatic heterocycles. The van der Waals surface area contributed by atoms with Crippen molar-refractivity contribution in [2.45, 2.75) is 59.0 Å². The lowest BCUT2D eigenvalue weighted by atomic mass is 9.86. The van der Waals surface area contributed by atoms with Gasteiger partial charge in [0.2, 0.25) is 0 Å². The van der Waals surface area contributed by atoms with E-state index in [0.29, 0.717) is 0 Å². The van der Waals surface area contributed by atoms with Crippen LogP contribution in [0.5, 0.6) is 0 Å². The zero-order valence-corrected chi connectivity index (χ0v) is 12.9. The van der Waals surface area contributed by atoms with Crippen LogP contribution in [0.25, 0.3) is 11.0 Å². The topological polar surface area (TPSA) is 25.2 Å². The molecule has 0 atom stereocenters. The van der Waals surface area contributed by atoms with Crippen molar-refractivity contribution < 1.29 is 4.42 Å². The van der Waals surface area contributed by atoms with Gasteiger partial charge < -0.3 is 9.73 Å². The highest BCUT2D eigenvalue weighted by Gasteiger charge is 2.20. The van der Waals surface area contributed by atoms with E-state index in [9.17, 15) is 0 Å². The molecule has 104 valence electrons. The Balaban J connectivity index is 2.39. The van der Waals surface area contributed by atoms with Gasteiger partial charge >= 0.3 is 0 Å². The Bertz CT molecular complexity index is 567. The molecule has 2 nitrogen and oxygen atoms in total. The maximum absolute atomic E-state index is 5.83. The van der Waals surface area contributed by atoms with Crippen LogP contribution < -0.4 is 5.32 Å².